The van der Waals surface area contributed by atoms with Gasteiger partial charge < -0.3 is 10.1 Å². The van der Waals surface area contributed by atoms with Gasteiger partial charge in [-0.15, -0.1) is 11.3 Å². The zero-order valence-electron chi connectivity index (χ0n) is 16.4. The van der Waals surface area contributed by atoms with E-state index in [0.29, 0.717) is 16.5 Å². The molecular weight excluding hydrogens is 358 g/mol. The Bertz CT molecular complexity index is 836. The monoisotopic (exact) mass is 385 g/mol. The third kappa shape index (κ3) is 4.24. The van der Waals surface area contributed by atoms with Gasteiger partial charge in [0.25, 0.3) is 0 Å². The number of thiophene rings is 1. The number of benzene rings is 1. The molecule has 1 aliphatic rings. The highest BCUT2D eigenvalue weighted by Gasteiger charge is 2.29. The van der Waals surface area contributed by atoms with E-state index in [1.807, 2.05) is 19.1 Å². The minimum Gasteiger partial charge on any atom is -0.465 e. The van der Waals surface area contributed by atoms with Crippen molar-refractivity contribution in [3.05, 3.63) is 51.4 Å². The number of amides is 1. The summed E-state index contributed by atoms with van der Waals surface area (Å²) in [6, 6.07) is 8.24. The summed E-state index contributed by atoms with van der Waals surface area (Å²) >= 11 is 1.51. The first-order valence-electron chi connectivity index (χ1n) is 9.53. The zero-order valence-corrected chi connectivity index (χ0v) is 17.2. The van der Waals surface area contributed by atoms with Crippen molar-refractivity contribution in [1.29, 1.82) is 0 Å². The van der Waals surface area contributed by atoms with Gasteiger partial charge in [-0.05, 0) is 55.2 Å². The molecule has 1 unspecified atom stereocenters. The first kappa shape index (κ1) is 19.6. The topological polar surface area (TPSA) is 55.4 Å². The summed E-state index contributed by atoms with van der Waals surface area (Å²) < 4.78 is 4.95. The van der Waals surface area contributed by atoms with Crippen LogP contribution in [0.15, 0.2) is 24.3 Å². The number of carbonyl (C=O) groups is 2. The van der Waals surface area contributed by atoms with E-state index >= 15 is 0 Å². The highest BCUT2D eigenvalue weighted by molar-refractivity contribution is 7.17. The van der Waals surface area contributed by atoms with Crippen LogP contribution in [-0.4, -0.2) is 19.0 Å². The normalized spacial score (nSPS) is 14.1. The van der Waals surface area contributed by atoms with Crippen LogP contribution in [0.3, 0.4) is 0 Å². The number of methoxy groups -OCH3 is 1. The number of fused-ring (bicyclic) bond motifs is 1. The molecule has 2 aromatic rings. The van der Waals surface area contributed by atoms with Crippen LogP contribution >= 0.6 is 11.3 Å². The lowest BCUT2D eigenvalue weighted by atomic mass is 9.96. The number of hydrogen-bond acceptors (Lipinski definition) is 4. The fraction of sp³-hybridized carbons (Fsp3) is 0.455. The maximum Gasteiger partial charge on any atom is 0.341 e. The molecule has 144 valence electrons. The summed E-state index contributed by atoms with van der Waals surface area (Å²) in [6.45, 7) is 6.29. The predicted molar refractivity (Wildman–Crippen MR) is 110 cm³/mol. The van der Waals surface area contributed by atoms with Crippen molar-refractivity contribution in [3.8, 4) is 0 Å². The van der Waals surface area contributed by atoms with E-state index in [9.17, 15) is 9.59 Å². The number of esters is 1. The fourth-order valence-corrected chi connectivity index (χ4v) is 4.88. The van der Waals surface area contributed by atoms with Gasteiger partial charge >= 0.3 is 5.97 Å². The minimum atomic E-state index is -0.365. The van der Waals surface area contributed by atoms with E-state index in [-0.39, 0.29) is 17.8 Å². The van der Waals surface area contributed by atoms with Crippen molar-refractivity contribution in [3.63, 3.8) is 0 Å². The molecule has 0 spiro atoms. The maximum atomic E-state index is 12.8. The van der Waals surface area contributed by atoms with Crippen molar-refractivity contribution in [2.45, 2.75) is 52.4 Å². The second kappa shape index (κ2) is 8.26. The molecule has 0 radical (unpaired) electrons. The summed E-state index contributed by atoms with van der Waals surface area (Å²) in [5.74, 6) is -0.151. The van der Waals surface area contributed by atoms with Crippen LogP contribution in [0.2, 0.25) is 0 Å². The Morgan fingerprint density at radius 3 is 2.48 bits per heavy atom. The number of hydrogen-bond donors (Lipinski definition) is 1. The molecule has 1 aromatic heterocycles. The van der Waals surface area contributed by atoms with Crippen LogP contribution < -0.4 is 5.32 Å². The average Bonchev–Trinajstić information content (AvgIpc) is 3.21. The molecule has 4 nitrogen and oxygen atoms in total. The molecule has 0 fully saturated rings. The maximum absolute atomic E-state index is 12.8. The molecule has 0 saturated heterocycles. The van der Waals surface area contributed by atoms with Crippen LogP contribution in [0.5, 0.6) is 0 Å². The number of aryl methyl sites for hydroxylation is 1. The van der Waals surface area contributed by atoms with Crippen LogP contribution in [-0.2, 0) is 28.8 Å². The Labute approximate surface area is 164 Å². The third-order valence-corrected chi connectivity index (χ3v) is 6.27. The smallest absolute Gasteiger partial charge is 0.341 e. The molecule has 0 bridgehead atoms. The van der Waals surface area contributed by atoms with Gasteiger partial charge in [-0.2, -0.15) is 0 Å². The molecular formula is C22H27NO3S. The number of anilines is 1. The van der Waals surface area contributed by atoms with Crippen molar-refractivity contribution in [2.24, 2.45) is 5.92 Å². The Balaban J connectivity index is 1.76. The molecule has 0 saturated carbocycles. The van der Waals surface area contributed by atoms with Gasteiger partial charge in [0.05, 0.1) is 18.6 Å². The number of carbonyl (C=O) groups excluding carboxylic acids is 2. The number of rotatable bonds is 6. The highest BCUT2D eigenvalue weighted by atomic mass is 32.1. The van der Waals surface area contributed by atoms with Crippen molar-refractivity contribution < 1.29 is 14.3 Å². The van der Waals surface area contributed by atoms with E-state index in [4.69, 9.17) is 4.74 Å². The Morgan fingerprint density at radius 1 is 1.15 bits per heavy atom. The predicted octanol–water partition coefficient (Wildman–Crippen LogP) is 4.96. The molecule has 5 heteroatoms. The first-order valence-corrected chi connectivity index (χ1v) is 10.3. The van der Waals surface area contributed by atoms with E-state index in [1.165, 1.54) is 28.9 Å². The quantitative estimate of drug-likeness (QED) is 0.715. The van der Waals surface area contributed by atoms with E-state index in [0.717, 1.165) is 36.8 Å². The molecule has 1 aromatic carbocycles. The fourth-order valence-electron chi connectivity index (χ4n) is 3.60. The van der Waals surface area contributed by atoms with Gasteiger partial charge in [-0.3, -0.25) is 4.79 Å². The van der Waals surface area contributed by atoms with Gasteiger partial charge in [-0.1, -0.05) is 38.1 Å². The van der Waals surface area contributed by atoms with Crippen LogP contribution in [0.4, 0.5) is 5.00 Å². The largest absolute Gasteiger partial charge is 0.465 e. The van der Waals surface area contributed by atoms with Crippen molar-refractivity contribution in [2.75, 3.05) is 12.4 Å². The molecule has 3 rings (SSSR count). The molecule has 1 N–H and O–H groups in total. The van der Waals surface area contributed by atoms with Crippen LogP contribution in [0.25, 0.3) is 0 Å². The second-order valence-corrected chi connectivity index (χ2v) is 8.71. The van der Waals surface area contributed by atoms with E-state index in [2.05, 4.69) is 31.3 Å². The third-order valence-electron chi connectivity index (χ3n) is 5.06. The zero-order chi connectivity index (χ0) is 19.6. The lowest BCUT2D eigenvalue weighted by Crippen LogP contribution is -2.20. The van der Waals surface area contributed by atoms with Gasteiger partial charge in [-0.25, -0.2) is 4.79 Å². The molecule has 1 atom stereocenters. The number of nitrogens with one attached hydrogen (secondary N) is 1. The number of ether oxygens (including phenoxy) is 1. The first-order chi connectivity index (χ1) is 12.9. The summed E-state index contributed by atoms with van der Waals surface area (Å²) in [5.41, 5.74) is 3.85. The second-order valence-electron chi connectivity index (χ2n) is 7.60. The van der Waals surface area contributed by atoms with E-state index in [1.54, 1.807) is 0 Å². The van der Waals surface area contributed by atoms with Crippen molar-refractivity contribution >= 4 is 28.2 Å². The molecule has 1 aliphatic carbocycles. The Hall–Kier alpha value is -2.14. The lowest BCUT2D eigenvalue weighted by Gasteiger charge is -2.14. The van der Waals surface area contributed by atoms with Gasteiger partial charge in [0.2, 0.25) is 5.91 Å². The van der Waals surface area contributed by atoms with E-state index < -0.39 is 0 Å². The highest BCUT2D eigenvalue weighted by Crippen LogP contribution is 2.39. The van der Waals surface area contributed by atoms with Crippen molar-refractivity contribution in [1.82, 2.24) is 0 Å². The molecule has 0 aliphatic heterocycles. The standard InChI is InChI=1S/C22H27NO3S/c1-13(2)12-15-8-10-16(11-9-15)14(3)20(24)23-21-19(22(25)26-4)17-6-5-7-18(17)27-21/h8-11,13-14H,5-7,12H2,1-4H3,(H,23,24). The van der Waals surface area contributed by atoms with Crippen LogP contribution in [0, 0.1) is 5.92 Å². The molecule has 1 heterocycles. The Kier molecular flexibility index (Phi) is 6.00. The molecule has 1 amide bonds. The van der Waals surface area contributed by atoms with Gasteiger partial charge in [0.1, 0.15) is 5.00 Å². The molecule has 27 heavy (non-hydrogen) atoms. The Morgan fingerprint density at radius 2 is 1.85 bits per heavy atom. The minimum absolute atomic E-state index is 0.100. The summed E-state index contributed by atoms with van der Waals surface area (Å²) in [5, 5.41) is 3.60. The summed E-state index contributed by atoms with van der Waals surface area (Å²) in [4.78, 5) is 26.2. The lowest BCUT2D eigenvalue weighted by molar-refractivity contribution is -0.117. The van der Waals surface area contributed by atoms with Gasteiger partial charge in [0, 0.05) is 4.88 Å². The SMILES string of the molecule is COC(=O)c1c(NC(=O)C(C)c2ccc(CC(C)C)cc2)sc2c1CCC2. The van der Waals surface area contributed by atoms with Crippen LogP contribution in [0.1, 0.15) is 65.0 Å². The summed E-state index contributed by atoms with van der Waals surface area (Å²) in [6.07, 6.45) is 3.92. The average molecular weight is 386 g/mol. The summed E-state index contributed by atoms with van der Waals surface area (Å²) in [7, 11) is 1.38. The van der Waals surface area contributed by atoms with Gasteiger partial charge in [0.15, 0.2) is 0 Å².